The number of hydrogen-bond acceptors (Lipinski definition) is 8. The minimum atomic E-state index is -2.42. The highest BCUT2D eigenvalue weighted by molar-refractivity contribution is 7.09. The first-order valence-corrected chi connectivity index (χ1v) is 24.9. The summed E-state index contributed by atoms with van der Waals surface area (Å²) in [5.74, 6) is -0.658. The lowest BCUT2D eigenvalue weighted by atomic mass is 9.73. The maximum Gasteiger partial charge on any atom is 0.309 e. The lowest BCUT2D eigenvalue weighted by Gasteiger charge is -2.46. The van der Waals surface area contributed by atoms with E-state index in [9.17, 15) is 14.7 Å². The Bertz CT molecular complexity index is 1330. The molecule has 7 nitrogen and oxygen atoms in total. The highest BCUT2D eigenvalue weighted by atomic mass is 32.1. The number of cyclic esters (lactones) is 1. The van der Waals surface area contributed by atoms with Crippen LogP contribution in [0.1, 0.15) is 119 Å². The number of carbonyl (C=O) groups excluding carboxylic acids is 2. The first-order valence-electron chi connectivity index (χ1n) is 18.2. The van der Waals surface area contributed by atoms with Crippen molar-refractivity contribution in [2.24, 2.45) is 17.3 Å². The van der Waals surface area contributed by atoms with E-state index in [1.54, 1.807) is 11.3 Å². The first-order chi connectivity index (χ1) is 22.2. The topological polar surface area (TPSA) is 95.0 Å². The quantitative estimate of drug-likeness (QED) is 0.169. The Morgan fingerprint density at radius 2 is 1.63 bits per heavy atom. The van der Waals surface area contributed by atoms with Crippen LogP contribution in [0.4, 0.5) is 0 Å². The number of ketones is 1. The normalized spacial score (nSPS) is 27.4. The third-order valence-electron chi connectivity index (χ3n) is 11.5. The average molecular weight is 736 g/mol. The van der Waals surface area contributed by atoms with Crippen LogP contribution in [-0.4, -0.2) is 63.4 Å². The predicted octanol–water partition coefficient (Wildman–Crippen LogP) is 10.3. The van der Waals surface area contributed by atoms with Gasteiger partial charge < -0.3 is 18.7 Å². The second kappa shape index (κ2) is 16.9. The van der Waals surface area contributed by atoms with E-state index < -0.39 is 46.1 Å². The minimum absolute atomic E-state index is 0.0216. The fourth-order valence-corrected chi connectivity index (χ4v) is 9.38. The molecule has 0 saturated heterocycles. The smallest absolute Gasteiger partial charge is 0.309 e. The van der Waals surface area contributed by atoms with Gasteiger partial charge in [-0.25, -0.2) is 4.98 Å². The molecule has 0 amide bonds. The summed E-state index contributed by atoms with van der Waals surface area (Å²) in [6.45, 7) is 34.0. The number of ether oxygens (including phenoxy) is 1. The SMILES string of the molecule is C/C(=C\c1csc(C)n1)[C@@H]1C/C=C(/CO)CCC[C@H](C)[C@H](O[Si](C)(C)C(C)(C)C)[C@@H](C)C(=O)C(C)(C)[C@@H](O[Si](C)(C)C(C)(C)C)CC(=O)O1. The third-order valence-corrected chi connectivity index (χ3v) is 21.3. The van der Waals surface area contributed by atoms with Crippen LogP contribution < -0.4 is 0 Å². The van der Waals surface area contributed by atoms with E-state index in [2.05, 4.69) is 79.6 Å². The van der Waals surface area contributed by atoms with Crippen LogP contribution in [0.25, 0.3) is 6.08 Å². The molecule has 0 bridgehead atoms. The van der Waals surface area contributed by atoms with Gasteiger partial charge in [0, 0.05) is 23.1 Å². The number of esters is 1. The summed E-state index contributed by atoms with van der Waals surface area (Å²) in [7, 11) is -4.66. The van der Waals surface area contributed by atoms with Gasteiger partial charge in [0.15, 0.2) is 16.6 Å². The van der Waals surface area contributed by atoms with Gasteiger partial charge in [0.25, 0.3) is 0 Å². The van der Waals surface area contributed by atoms with Gasteiger partial charge in [-0.3, -0.25) is 9.59 Å². The molecule has 1 aromatic heterocycles. The van der Waals surface area contributed by atoms with Gasteiger partial charge in [-0.05, 0) is 92.5 Å². The Labute approximate surface area is 305 Å². The summed E-state index contributed by atoms with van der Waals surface area (Å²) in [6.07, 6.45) is 5.32. The third kappa shape index (κ3) is 11.8. The lowest BCUT2D eigenvalue weighted by Crippen LogP contribution is -2.54. The van der Waals surface area contributed by atoms with Crippen LogP contribution in [0.3, 0.4) is 0 Å². The number of carbonyl (C=O) groups is 2. The molecule has 0 unspecified atom stereocenters. The summed E-state index contributed by atoms with van der Waals surface area (Å²) in [5.41, 5.74) is 1.64. The summed E-state index contributed by atoms with van der Waals surface area (Å²) in [5, 5.41) is 13.1. The van der Waals surface area contributed by atoms with Gasteiger partial charge in [0.2, 0.25) is 0 Å². The number of Topliss-reactive ketones (excluding diaryl/α,β-unsaturated/α-hetero) is 1. The molecule has 0 aromatic carbocycles. The van der Waals surface area contributed by atoms with Crippen molar-refractivity contribution in [1.82, 2.24) is 4.98 Å². The molecular formula is C39H69NO6SSi2. The summed E-state index contributed by atoms with van der Waals surface area (Å²) < 4.78 is 20.4. The van der Waals surface area contributed by atoms with Crippen LogP contribution in [-0.2, 0) is 23.2 Å². The van der Waals surface area contributed by atoms with Gasteiger partial charge in [0.1, 0.15) is 11.9 Å². The zero-order valence-electron chi connectivity index (χ0n) is 33.7. The first kappa shape index (κ1) is 43.7. The van der Waals surface area contributed by atoms with Crippen molar-refractivity contribution in [3.8, 4) is 0 Å². The van der Waals surface area contributed by atoms with Crippen LogP contribution >= 0.6 is 11.3 Å². The zero-order valence-corrected chi connectivity index (χ0v) is 36.5. The molecule has 2 rings (SSSR count). The van der Waals surface area contributed by atoms with Gasteiger partial charge in [-0.2, -0.15) is 0 Å². The van der Waals surface area contributed by atoms with E-state index in [0.29, 0.717) is 6.42 Å². The number of rotatable bonds is 7. The molecule has 1 aliphatic rings. The zero-order chi connectivity index (χ0) is 37.8. The second-order valence-electron chi connectivity index (χ2n) is 18.1. The van der Waals surface area contributed by atoms with E-state index in [1.807, 2.05) is 52.2 Å². The Balaban J connectivity index is 2.69. The van der Waals surface area contributed by atoms with Crippen molar-refractivity contribution in [3.05, 3.63) is 33.3 Å². The predicted molar refractivity (Wildman–Crippen MR) is 210 cm³/mol. The average Bonchev–Trinajstić information content (AvgIpc) is 3.37. The lowest BCUT2D eigenvalue weighted by molar-refractivity contribution is -0.153. The molecular weight excluding hydrogens is 667 g/mol. The van der Waals surface area contributed by atoms with Gasteiger partial charge in [0.05, 0.1) is 35.9 Å². The minimum Gasteiger partial charge on any atom is -0.457 e. The molecule has 0 fully saturated rings. The van der Waals surface area contributed by atoms with Crippen molar-refractivity contribution >= 4 is 45.8 Å². The van der Waals surface area contributed by atoms with Gasteiger partial charge >= 0.3 is 5.97 Å². The van der Waals surface area contributed by atoms with E-state index in [4.69, 9.17) is 13.6 Å². The molecule has 0 saturated carbocycles. The number of hydrogen-bond donors (Lipinski definition) is 1. The Morgan fingerprint density at radius 3 is 2.14 bits per heavy atom. The molecule has 280 valence electrons. The van der Waals surface area contributed by atoms with E-state index in [1.165, 1.54) is 0 Å². The Hall–Kier alpha value is -1.44. The van der Waals surface area contributed by atoms with Crippen molar-refractivity contribution in [2.75, 3.05) is 6.61 Å². The Morgan fingerprint density at radius 1 is 1.06 bits per heavy atom. The van der Waals surface area contributed by atoms with Gasteiger partial charge in [-0.1, -0.05) is 75.3 Å². The molecule has 2 heterocycles. The highest BCUT2D eigenvalue weighted by Gasteiger charge is 2.50. The van der Waals surface area contributed by atoms with Crippen molar-refractivity contribution < 1.29 is 28.3 Å². The Kier molecular flexibility index (Phi) is 15.1. The number of aryl methyl sites for hydroxylation is 1. The highest BCUT2D eigenvalue weighted by Crippen LogP contribution is 2.44. The molecule has 0 spiro atoms. The van der Waals surface area contributed by atoms with Crippen LogP contribution in [0.15, 0.2) is 22.6 Å². The van der Waals surface area contributed by atoms with E-state index in [0.717, 1.165) is 41.1 Å². The fraction of sp³-hybridized carbons (Fsp3) is 0.769. The number of nitrogens with zero attached hydrogens (tertiary/aromatic N) is 1. The van der Waals surface area contributed by atoms with Crippen molar-refractivity contribution in [1.29, 1.82) is 0 Å². The fourth-order valence-electron chi connectivity index (χ4n) is 5.89. The molecule has 0 aliphatic carbocycles. The molecule has 0 radical (unpaired) electrons. The molecule has 5 atom stereocenters. The van der Waals surface area contributed by atoms with Gasteiger partial charge in [-0.15, -0.1) is 11.3 Å². The molecule has 10 heteroatoms. The van der Waals surface area contributed by atoms with Crippen molar-refractivity contribution in [2.45, 2.75) is 170 Å². The van der Waals surface area contributed by atoms with Crippen LogP contribution in [0.5, 0.6) is 0 Å². The number of aromatic nitrogens is 1. The molecule has 1 aromatic rings. The van der Waals surface area contributed by atoms with Crippen LogP contribution in [0, 0.1) is 24.2 Å². The second-order valence-corrected chi connectivity index (χ2v) is 28.6. The van der Waals surface area contributed by atoms with Crippen LogP contribution in [0.2, 0.25) is 36.3 Å². The summed E-state index contributed by atoms with van der Waals surface area (Å²) in [6, 6.07) is 0. The molecule has 49 heavy (non-hydrogen) atoms. The standard InChI is InChI=1S/C39H69NO6SSi2/c1-26-18-17-19-30(24-41)20-21-32(27(2)22-31-25-47-29(4)40-31)44-34(42)23-33(45-48(13,14)37(5,6)7)39(11,12)36(43)28(3)35(26)46-49(15,16)38(8,9)10/h20,22,25-26,28,32-33,35,41H,17-19,21,23-24H2,1-16H3/b27-22+,30-20+/t26-,28+,32-,33-,35-/m0/s1. The summed E-state index contributed by atoms with van der Waals surface area (Å²) in [4.78, 5) is 33.4. The summed E-state index contributed by atoms with van der Waals surface area (Å²) >= 11 is 1.58. The molecule has 1 aliphatic heterocycles. The number of aliphatic hydroxyl groups is 1. The van der Waals surface area contributed by atoms with E-state index in [-0.39, 0.29) is 40.9 Å². The molecule has 1 N–H and O–H groups in total. The number of aliphatic hydroxyl groups excluding tert-OH is 1. The van der Waals surface area contributed by atoms with Crippen molar-refractivity contribution in [3.63, 3.8) is 0 Å². The number of thiazole rings is 1. The maximum atomic E-state index is 14.8. The maximum absolute atomic E-state index is 14.8. The van der Waals surface area contributed by atoms with E-state index >= 15 is 0 Å². The monoisotopic (exact) mass is 735 g/mol. The largest absolute Gasteiger partial charge is 0.457 e.